The SMILES string of the molecule is O=C(O)c1ccc(COc2ccc(CO)cc2F)cc1. The Bertz CT molecular complexity index is 608. The molecule has 0 saturated heterocycles. The molecule has 0 aliphatic rings. The summed E-state index contributed by atoms with van der Waals surface area (Å²) in [5.41, 5.74) is 1.40. The number of aliphatic hydroxyl groups is 1. The zero-order valence-corrected chi connectivity index (χ0v) is 10.5. The summed E-state index contributed by atoms with van der Waals surface area (Å²) in [4.78, 5) is 10.7. The smallest absolute Gasteiger partial charge is 0.335 e. The number of carbonyl (C=O) groups is 1. The highest BCUT2D eigenvalue weighted by Gasteiger charge is 2.06. The van der Waals surface area contributed by atoms with Crippen LogP contribution in [-0.2, 0) is 13.2 Å². The minimum atomic E-state index is -0.997. The number of rotatable bonds is 5. The molecular formula is C15H13FO4. The molecule has 0 bridgehead atoms. The summed E-state index contributed by atoms with van der Waals surface area (Å²) >= 11 is 0. The van der Waals surface area contributed by atoms with Gasteiger partial charge >= 0.3 is 5.97 Å². The lowest BCUT2D eigenvalue weighted by molar-refractivity contribution is 0.0697. The van der Waals surface area contributed by atoms with Gasteiger partial charge in [-0.25, -0.2) is 9.18 Å². The van der Waals surface area contributed by atoms with Gasteiger partial charge in [0.1, 0.15) is 6.61 Å². The predicted molar refractivity (Wildman–Crippen MR) is 70.1 cm³/mol. The highest BCUT2D eigenvalue weighted by atomic mass is 19.1. The van der Waals surface area contributed by atoms with Crippen LogP contribution in [0.5, 0.6) is 5.75 Å². The molecule has 5 heteroatoms. The van der Waals surface area contributed by atoms with Crippen molar-refractivity contribution >= 4 is 5.97 Å². The average molecular weight is 276 g/mol. The molecule has 0 aliphatic carbocycles. The molecule has 0 unspecified atom stereocenters. The van der Waals surface area contributed by atoms with E-state index in [1.807, 2.05) is 0 Å². The third kappa shape index (κ3) is 3.33. The second-order valence-electron chi connectivity index (χ2n) is 4.21. The van der Waals surface area contributed by atoms with Crippen molar-refractivity contribution in [2.45, 2.75) is 13.2 Å². The van der Waals surface area contributed by atoms with Gasteiger partial charge < -0.3 is 14.9 Å². The molecule has 20 heavy (non-hydrogen) atoms. The molecule has 0 radical (unpaired) electrons. The molecule has 2 aromatic carbocycles. The standard InChI is InChI=1S/C15H13FO4/c16-13-7-11(8-17)3-6-14(13)20-9-10-1-4-12(5-2-10)15(18)19/h1-7,17H,8-9H2,(H,18,19). The number of aromatic carboxylic acids is 1. The lowest BCUT2D eigenvalue weighted by Crippen LogP contribution is -2.00. The molecule has 0 heterocycles. The van der Waals surface area contributed by atoms with E-state index in [-0.39, 0.29) is 24.5 Å². The van der Waals surface area contributed by atoms with E-state index in [1.165, 1.54) is 24.3 Å². The number of hydrogen-bond acceptors (Lipinski definition) is 3. The van der Waals surface area contributed by atoms with Crippen molar-refractivity contribution in [2.24, 2.45) is 0 Å². The van der Waals surface area contributed by atoms with Gasteiger partial charge in [0.05, 0.1) is 12.2 Å². The lowest BCUT2D eigenvalue weighted by Gasteiger charge is -2.08. The number of carboxylic acids is 1. The van der Waals surface area contributed by atoms with Gasteiger partial charge in [-0.15, -0.1) is 0 Å². The van der Waals surface area contributed by atoms with Gasteiger partial charge in [0.15, 0.2) is 11.6 Å². The fourth-order valence-electron chi connectivity index (χ4n) is 1.66. The Hall–Kier alpha value is -2.40. The first-order chi connectivity index (χ1) is 9.60. The number of ether oxygens (including phenoxy) is 1. The number of hydrogen-bond donors (Lipinski definition) is 2. The maximum Gasteiger partial charge on any atom is 0.335 e. The molecular weight excluding hydrogens is 263 g/mol. The summed E-state index contributed by atoms with van der Waals surface area (Å²) in [7, 11) is 0. The summed E-state index contributed by atoms with van der Waals surface area (Å²) in [6, 6.07) is 10.4. The van der Waals surface area contributed by atoms with Gasteiger partial charge in [-0.2, -0.15) is 0 Å². The number of benzene rings is 2. The van der Waals surface area contributed by atoms with Gasteiger partial charge in [0.2, 0.25) is 0 Å². The summed E-state index contributed by atoms with van der Waals surface area (Å²) in [5, 5.41) is 17.6. The summed E-state index contributed by atoms with van der Waals surface area (Å²) in [6.45, 7) is -0.0941. The Labute approximate surface area is 115 Å². The molecule has 0 aromatic heterocycles. The highest BCUT2D eigenvalue weighted by Crippen LogP contribution is 2.19. The lowest BCUT2D eigenvalue weighted by atomic mass is 10.1. The van der Waals surface area contributed by atoms with E-state index in [9.17, 15) is 9.18 Å². The molecule has 4 nitrogen and oxygen atoms in total. The van der Waals surface area contributed by atoms with Crippen molar-refractivity contribution in [2.75, 3.05) is 0 Å². The van der Waals surface area contributed by atoms with Gasteiger partial charge in [0, 0.05) is 0 Å². The van der Waals surface area contributed by atoms with Crippen LogP contribution >= 0.6 is 0 Å². The van der Waals surface area contributed by atoms with E-state index < -0.39 is 11.8 Å². The molecule has 2 N–H and O–H groups in total. The Morgan fingerprint density at radius 3 is 2.30 bits per heavy atom. The average Bonchev–Trinajstić information content (AvgIpc) is 2.46. The molecule has 0 amide bonds. The first kappa shape index (κ1) is 14.0. The fraction of sp³-hybridized carbons (Fsp3) is 0.133. The van der Waals surface area contributed by atoms with Crippen molar-refractivity contribution in [3.8, 4) is 5.75 Å². The number of aliphatic hydroxyl groups excluding tert-OH is 1. The maximum atomic E-state index is 13.6. The first-order valence-electron chi connectivity index (χ1n) is 5.94. The zero-order valence-electron chi connectivity index (χ0n) is 10.5. The van der Waals surface area contributed by atoms with Crippen molar-refractivity contribution in [1.29, 1.82) is 0 Å². The van der Waals surface area contributed by atoms with Crippen LogP contribution in [-0.4, -0.2) is 16.2 Å². The molecule has 0 aliphatic heterocycles. The van der Waals surface area contributed by atoms with E-state index in [0.717, 1.165) is 5.56 Å². The van der Waals surface area contributed by atoms with Crippen LogP contribution in [0.15, 0.2) is 42.5 Å². The van der Waals surface area contributed by atoms with E-state index in [4.69, 9.17) is 14.9 Å². The predicted octanol–water partition coefficient (Wildman–Crippen LogP) is 2.60. The van der Waals surface area contributed by atoms with Crippen LogP contribution in [0.1, 0.15) is 21.5 Å². The van der Waals surface area contributed by atoms with Crippen LogP contribution in [0.2, 0.25) is 0 Å². The molecule has 2 rings (SSSR count). The molecule has 2 aromatic rings. The largest absolute Gasteiger partial charge is 0.486 e. The third-order valence-electron chi connectivity index (χ3n) is 2.77. The monoisotopic (exact) mass is 276 g/mol. The van der Waals surface area contributed by atoms with Gasteiger partial charge in [-0.05, 0) is 35.4 Å². The van der Waals surface area contributed by atoms with Crippen LogP contribution in [0.3, 0.4) is 0 Å². The Morgan fingerprint density at radius 2 is 1.75 bits per heavy atom. The van der Waals surface area contributed by atoms with Crippen LogP contribution in [0.25, 0.3) is 0 Å². The zero-order chi connectivity index (χ0) is 14.5. The first-order valence-corrected chi connectivity index (χ1v) is 5.94. The molecule has 0 atom stereocenters. The molecule has 0 spiro atoms. The Kier molecular flexibility index (Phi) is 4.32. The van der Waals surface area contributed by atoms with Crippen molar-refractivity contribution in [1.82, 2.24) is 0 Å². The minimum Gasteiger partial charge on any atom is -0.486 e. The van der Waals surface area contributed by atoms with Crippen LogP contribution < -0.4 is 4.74 Å². The van der Waals surface area contributed by atoms with Crippen molar-refractivity contribution in [3.05, 3.63) is 65.0 Å². The second kappa shape index (κ2) is 6.16. The number of halogens is 1. The Morgan fingerprint density at radius 1 is 1.10 bits per heavy atom. The summed E-state index contributed by atoms with van der Waals surface area (Å²) in [5.74, 6) is -1.45. The molecule has 0 saturated carbocycles. The fourth-order valence-corrected chi connectivity index (χ4v) is 1.66. The summed E-state index contributed by atoms with van der Waals surface area (Å²) in [6.07, 6.45) is 0. The van der Waals surface area contributed by atoms with E-state index in [1.54, 1.807) is 18.2 Å². The van der Waals surface area contributed by atoms with E-state index in [0.29, 0.717) is 5.56 Å². The summed E-state index contributed by atoms with van der Waals surface area (Å²) < 4.78 is 18.9. The molecule has 0 fully saturated rings. The van der Waals surface area contributed by atoms with Crippen LogP contribution in [0, 0.1) is 5.82 Å². The van der Waals surface area contributed by atoms with Crippen molar-refractivity contribution < 1.29 is 24.1 Å². The number of carboxylic acid groups (broad SMARTS) is 1. The van der Waals surface area contributed by atoms with Crippen molar-refractivity contribution in [3.63, 3.8) is 0 Å². The van der Waals surface area contributed by atoms with E-state index >= 15 is 0 Å². The second-order valence-corrected chi connectivity index (χ2v) is 4.21. The maximum absolute atomic E-state index is 13.6. The van der Waals surface area contributed by atoms with Gasteiger partial charge in [-0.3, -0.25) is 0 Å². The normalized spacial score (nSPS) is 10.3. The molecule has 104 valence electrons. The highest BCUT2D eigenvalue weighted by molar-refractivity contribution is 5.87. The third-order valence-corrected chi connectivity index (χ3v) is 2.77. The Balaban J connectivity index is 2.03. The van der Waals surface area contributed by atoms with E-state index in [2.05, 4.69) is 0 Å². The van der Waals surface area contributed by atoms with Crippen LogP contribution in [0.4, 0.5) is 4.39 Å². The minimum absolute atomic E-state index is 0.0875. The van der Waals surface area contributed by atoms with Gasteiger partial charge in [-0.1, -0.05) is 18.2 Å². The quantitative estimate of drug-likeness (QED) is 0.881. The van der Waals surface area contributed by atoms with Gasteiger partial charge in [0.25, 0.3) is 0 Å². The topological polar surface area (TPSA) is 66.8 Å².